The van der Waals surface area contributed by atoms with Crippen LogP contribution in [0, 0.1) is 0 Å². The number of benzene rings is 1. The van der Waals surface area contributed by atoms with Crippen LogP contribution in [0.5, 0.6) is 0 Å². The standard InChI is InChI=1S/C12H13BrClNO2/c13-10-3-2-9(8-11(10)14)12(16)15-4-1-6-17-7-5-15/h2-3,8H,1,4-7H2. The first kappa shape index (κ1) is 12.9. The van der Waals surface area contributed by atoms with Crippen molar-refractivity contribution in [1.29, 1.82) is 0 Å². The Morgan fingerprint density at radius 2 is 2.18 bits per heavy atom. The van der Waals surface area contributed by atoms with Crippen LogP contribution in [-0.4, -0.2) is 37.1 Å². The molecule has 0 N–H and O–H groups in total. The lowest BCUT2D eigenvalue weighted by molar-refractivity contribution is 0.0741. The van der Waals surface area contributed by atoms with Gasteiger partial charge in [-0.3, -0.25) is 4.79 Å². The highest BCUT2D eigenvalue weighted by atomic mass is 79.9. The Kier molecular flexibility index (Phi) is 4.42. The Labute approximate surface area is 114 Å². The van der Waals surface area contributed by atoms with Crippen molar-refractivity contribution in [2.45, 2.75) is 6.42 Å². The first-order valence-electron chi connectivity index (χ1n) is 5.50. The van der Waals surface area contributed by atoms with Crippen LogP contribution in [0.15, 0.2) is 22.7 Å². The average molecular weight is 319 g/mol. The summed E-state index contributed by atoms with van der Waals surface area (Å²) in [7, 11) is 0. The Hall–Kier alpha value is -0.580. The summed E-state index contributed by atoms with van der Waals surface area (Å²) in [6.45, 7) is 2.72. The van der Waals surface area contributed by atoms with Gasteiger partial charge in [-0.25, -0.2) is 0 Å². The van der Waals surface area contributed by atoms with Gasteiger partial charge in [0.05, 0.1) is 11.6 Å². The smallest absolute Gasteiger partial charge is 0.253 e. The number of carbonyl (C=O) groups is 1. The molecular weight excluding hydrogens is 305 g/mol. The number of hydrogen-bond acceptors (Lipinski definition) is 2. The van der Waals surface area contributed by atoms with E-state index in [0.29, 0.717) is 23.7 Å². The van der Waals surface area contributed by atoms with E-state index in [4.69, 9.17) is 16.3 Å². The van der Waals surface area contributed by atoms with Crippen LogP contribution in [0.4, 0.5) is 0 Å². The van der Waals surface area contributed by atoms with Crippen LogP contribution in [-0.2, 0) is 4.74 Å². The Bertz CT molecular complexity index is 417. The molecule has 1 aliphatic rings. The van der Waals surface area contributed by atoms with Crippen LogP contribution in [0.1, 0.15) is 16.8 Å². The molecule has 1 heterocycles. The molecule has 0 aliphatic carbocycles. The predicted molar refractivity (Wildman–Crippen MR) is 70.5 cm³/mol. The van der Waals surface area contributed by atoms with E-state index < -0.39 is 0 Å². The molecule has 1 saturated heterocycles. The maximum atomic E-state index is 12.2. The van der Waals surface area contributed by atoms with Gasteiger partial charge in [-0.15, -0.1) is 0 Å². The lowest BCUT2D eigenvalue weighted by Gasteiger charge is -2.19. The van der Waals surface area contributed by atoms with Gasteiger partial charge < -0.3 is 9.64 Å². The lowest BCUT2D eigenvalue weighted by Crippen LogP contribution is -2.33. The molecule has 1 aromatic carbocycles. The third kappa shape index (κ3) is 3.21. The second-order valence-electron chi connectivity index (χ2n) is 3.89. The monoisotopic (exact) mass is 317 g/mol. The van der Waals surface area contributed by atoms with Gasteiger partial charge in [0.2, 0.25) is 0 Å². The fourth-order valence-corrected chi connectivity index (χ4v) is 2.19. The Morgan fingerprint density at radius 3 is 2.94 bits per heavy atom. The van der Waals surface area contributed by atoms with Crippen molar-refractivity contribution in [3.63, 3.8) is 0 Å². The predicted octanol–water partition coefficient (Wildman–Crippen LogP) is 2.97. The second kappa shape index (κ2) is 5.85. The molecule has 1 amide bonds. The van der Waals surface area contributed by atoms with Crippen molar-refractivity contribution in [2.24, 2.45) is 0 Å². The highest BCUT2D eigenvalue weighted by molar-refractivity contribution is 9.10. The normalized spacial score (nSPS) is 16.7. The fraction of sp³-hybridized carbons (Fsp3) is 0.417. The molecule has 3 nitrogen and oxygen atoms in total. The van der Waals surface area contributed by atoms with Crippen molar-refractivity contribution < 1.29 is 9.53 Å². The highest BCUT2D eigenvalue weighted by Crippen LogP contribution is 2.24. The van der Waals surface area contributed by atoms with E-state index in [1.165, 1.54) is 0 Å². The lowest BCUT2D eigenvalue weighted by atomic mass is 10.2. The van der Waals surface area contributed by atoms with E-state index in [9.17, 15) is 4.79 Å². The molecule has 0 aromatic heterocycles. The van der Waals surface area contributed by atoms with Crippen molar-refractivity contribution in [3.8, 4) is 0 Å². The highest BCUT2D eigenvalue weighted by Gasteiger charge is 2.17. The van der Waals surface area contributed by atoms with Gasteiger partial charge in [0.1, 0.15) is 0 Å². The molecule has 0 atom stereocenters. The van der Waals surface area contributed by atoms with Crippen molar-refractivity contribution in [1.82, 2.24) is 4.90 Å². The molecule has 1 aliphatic heterocycles. The number of halogens is 2. The number of rotatable bonds is 1. The zero-order chi connectivity index (χ0) is 12.3. The molecule has 1 aromatic rings. The van der Waals surface area contributed by atoms with E-state index in [2.05, 4.69) is 15.9 Å². The van der Waals surface area contributed by atoms with E-state index in [1.54, 1.807) is 18.2 Å². The molecule has 0 unspecified atom stereocenters. The zero-order valence-corrected chi connectivity index (χ0v) is 11.6. The maximum Gasteiger partial charge on any atom is 0.253 e. The molecule has 0 spiro atoms. The van der Waals surface area contributed by atoms with Crippen LogP contribution in [0.25, 0.3) is 0 Å². The zero-order valence-electron chi connectivity index (χ0n) is 9.29. The summed E-state index contributed by atoms with van der Waals surface area (Å²) in [6.07, 6.45) is 0.885. The maximum absolute atomic E-state index is 12.2. The van der Waals surface area contributed by atoms with E-state index >= 15 is 0 Å². The van der Waals surface area contributed by atoms with E-state index in [0.717, 1.165) is 24.0 Å². The third-order valence-corrected chi connectivity index (χ3v) is 3.91. The largest absolute Gasteiger partial charge is 0.380 e. The Balaban J connectivity index is 2.14. The number of carbonyl (C=O) groups excluding carboxylic acids is 1. The topological polar surface area (TPSA) is 29.5 Å². The number of hydrogen-bond donors (Lipinski definition) is 0. The summed E-state index contributed by atoms with van der Waals surface area (Å²) in [4.78, 5) is 14.0. The summed E-state index contributed by atoms with van der Waals surface area (Å²) < 4.78 is 6.13. The molecule has 0 bridgehead atoms. The Morgan fingerprint density at radius 1 is 1.35 bits per heavy atom. The molecular formula is C12H13BrClNO2. The van der Waals surface area contributed by atoms with Gasteiger partial charge in [0.15, 0.2) is 0 Å². The number of amides is 1. The van der Waals surface area contributed by atoms with Gasteiger partial charge in [-0.1, -0.05) is 11.6 Å². The number of nitrogens with zero attached hydrogens (tertiary/aromatic N) is 1. The average Bonchev–Trinajstić information content (AvgIpc) is 2.60. The SMILES string of the molecule is O=C(c1ccc(Br)c(Cl)c1)N1CCCOCC1. The van der Waals surface area contributed by atoms with Gasteiger partial charge in [-0.05, 0) is 40.5 Å². The van der Waals surface area contributed by atoms with Gasteiger partial charge in [-0.2, -0.15) is 0 Å². The van der Waals surface area contributed by atoms with Crippen LogP contribution < -0.4 is 0 Å². The fourth-order valence-electron chi connectivity index (χ4n) is 1.76. The molecule has 2 rings (SSSR count). The summed E-state index contributed by atoms with van der Waals surface area (Å²) in [5.41, 5.74) is 0.625. The van der Waals surface area contributed by atoms with Gasteiger partial charge in [0, 0.05) is 29.7 Å². The molecule has 0 radical (unpaired) electrons. The van der Waals surface area contributed by atoms with Crippen molar-refractivity contribution >= 4 is 33.4 Å². The van der Waals surface area contributed by atoms with Gasteiger partial charge in [0.25, 0.3) is 5.91 Å². The minimum atomic E-state index is 0.0184. The summed E-state index contributed by atoms with van der Waals surface area (Å²) in [5.74, 6) is 0.0184. The van der Waals surface area contributed by atoms with Crippen LogP contribution in [0.3, 0.4) is 0 Å². The summed E-state index contributed by atoms with van der Waals surface area (Å²) >= 11 is 9.30. The number of ether oxygens (including phenoxy) is 1. The molecule has 92 valence electrons. The first-order valence-corrected chi connectivity index (χ1v) is 6.67. The summed E-state index contributed by atoms with van der Waals surface area (Å²) in [5, 5.41) is 0.557. The van der Waals surface area contributed by atoms with Gasteiger partial charge >= 0.3 is 0 Å². The third-order valence-electron chi connectivity index (χ3n) is 2.68. The molecule has 0 saturated carbocycles. The van der Waals surface area contributed by atoms with Crippen molar-refractivity contribution in [3.05, 3.63) is 33.3 Å². The summed E-state index contributed by atoms with van der Waals surface area (Å²) in [6, 6.07) is 5.27. The quantitative estimate of drug-likeness (QED) is 0.797. The first-order chi connectivity index (χ1) is 8.18. The minimum absolute atomic E-state index is 0.0184. The minimum Gasteiger partial charge on any atom is -0.380 e. The van der Waals surface area contributed by atoms with E-state index in [-0.39, 0.29) is 5.91 Å². The molecule has 1 fully saturated rings. The van der Waals surface area contributed by atoms with E-state index in [1.807, 2.05) is 4.90 Å². The van der Waals surface area contributed by atoms with Crippen LogP contribution in [0.2, 0.25) is 5.02 Å². The van der Waals surface area contributed by atoms with Crippen molar-refractivity contribution in [2.75, 3.05) is 26.3 Å². The molecule has 17 heavy (non-hydrogen) atoms. The van der Waals surface area contributed by atoms with Crippen LogP contribution >= 0.6 is 27.5 Å². The molecule has 5 heteroatoms. The second-order valence-corrected chi connectivity index (χ2v) is 5.15.